The van der Waals surface area contributed by atoms with Gasteiger partial charge in [0.15, 0.2) is 0 Å². The van der Waals surface area contributed by atoms with Crippen molar-refractivity contribution in [3.05, 3.63) is 105 Å². The Morgan fingerprint density at radius 1 is 0.404 bits per heavy atom. The molecule has 0 N–H and O–H groups in total. The summed E-state index contributed by atoms with van der Waals surface area (Å²) in [6, 6.07) is 21.2. The minimum atomic E-state index is -0.245. The van der Waals surface area contributed by atoms with Gasteiger partial charge in [0, 0.05) is 23.0 Å². The van der Waals surface area contributed by atoms with Crippen LogP contribution in [0.2, 0.25) is 0 Å². The van der Waals surface area contributed by atoms with Crippen molar-refractivity contribution in [2.75, 3.05) is 7.11 Å². The van der Waals surface area contributed by atoms with Gasteiger partial charge in [-0.05, 0) is 108 Å². The van der Waals surface area contributed by atoms with Crippen molar-refractivity contribution < 1.29 is 9.53 Å². The highest BCUT2D eigenvalue weighted by Gasteiger charge is 2.11. The molecule has 0 aromatic heterocycles. The van der Waals surface area contributed by atoms with Gasteiger partial charge in [-0.25, -0.2) is 4.79 Å². The molecule has 0 radical (unpaired) electrons. The number of thioether (sulfide) groups is 2. The highest BCUT2D eigenvalue weighted by atomic mass is 32.2. The normalized spacial score (nSPS) is 11.3. The number of hydrogen-bond donors (Lipinski definition) is 0. The second-order valence-corrected chi connectivity index (χ2v) is 17.0. The van der Waals surface area contributed by atoms with Crippen LogP contribution in [0.5, 0.6) is 0 Å². The van der Waals surface area contributed by atoms with Gasteiger partial charge in [0.1, 0.15) is 0 Å². The van der Waals surface area contributed by atoms with Crippen LogP contribution in [0.3, 0.4) is 0 Å². The van der Waals surface area contributed by atoms with Gasteiger partial charge in [0.2, 0.25) is 0 Å². The Bertz CT molecular complexity index is 1260. The van der Waals surface area contributed by atoms with E-state index < -0.39 is 0 Å². The first-order chi connectivity index (χ1) is 25.5. The topological polar surface area (TPSA) is 26.3 Å². The van der Waals surface area contributed by atoms with Gasteiger partial charge < -0.3 is 4.74 Å². The lowest BCUT2D eigenvalue weighted by Gasteiger charge is -2.12. The van der Waals surface area contributed by atoms with Gasteiger partial charge in [-0.1, -0.05) is 147 Å². The zero-order chi connectivity index (χ0) is 37.2. The van der Waals surface area contributed by atoms with Crippen LogP contribution in [-0.4, -0.2) is 13.1 Å². The Morgan fingerprint density at radius 3 is 0.962 bits per heavy atom. The zero-order valence-electron chi connectivity index (χ0n) is 33.8. The molecule has 0 saturated heterocycles. The third-order valence-electron chi connectivity index (χ3n) is 10.0. The molecule has 0 fully saturated rings. The number of carbonyl (C=O) groups is 1. The molecule has 0 unspecified atom stereocenters. The van der Waals surface area contributed by atoms with Gasteiger partial charge in [-0.15, -0.1) is 0 Å². The predicted octanol–water partition coefficient (Wildman–Crippen LogP) is 14.8. The Labute approximate surface area is 328 Å². The van der Waals surface area contributed by atoms with Crippen molar-refractivity contribution >= 4 is 29.5 Å². The minimum absolute atomic E-state index is 0.245. The monoisotopic (exact) mass is 744 g/mol. The van der Waals surface area contributed by atoms with E-state index in [2.05, 4.69) is 70.2 Å². The molecule has 3 rings (SSSR count). The smallest absolute Gasteiger partial charge is 0.337 e. The first-order valence-electron chi connectivity index (χ1n) is 21.1. The Morgan fingerprint density at radius 2 is 0.673 bits per heavy atom. The van der Waals surface area contributed by atoms with E-state index >= 15 is 0 Å². The fourth-order valence-electron chi connectivity index (χ4n) is 7.18. The second-order valence-electron chi connectivity index (χ2n) is 15.1. The summed E-state index contributed by atoms with van der Waals surface area (Å²) in [6.07, 6.45) is 25.6. The first-order valence-corrected chi connectivity index (χ1v) is 23.4. The van der Waals surface area contributed by atoms with E-state index in [9.17, 15) is 4.79 Å². The maximum Gasteiger partial charge on any atom is 0.337 e. The van der Waals surface area contributed by atoms with Gasteiger partial charge in [-0.2, -0.15) is 23.5 Å². The SMILES string of the molecule is CCCCCCc1cc(CCCCCC)cc(CSCc2cc(CSCc3cc(CCCCCC)cc(CCCCCC)c3)cc(C(=O)OC)c2)c1. The largest absolute Gasteiger partial charge is 0.465 e. The van der Waals surface area contributed by atoms with Gasteiger partial charge in [0.25, 0.3) is 0 Å². The summed E-state index contributed by atoms with van der Waals surface area (Å²) in [5.74, 6) is 3.51. The number of rotatable bonds is 29. The van der Waals surface area contributed by atoms with E-state index in [1.807, 2.05) is 35.7 Å². The summed E-state index contributed by atoms with van der Waals surface area (Å²) >= 11 is 3.92. The Kier molecular flexibility index (Phi) is 23.3. The summed E-state index contributed by atoms with van der Waals surface area (Å²) in [5.41, 5.74) is 12.0. The van der Waals surface area contributed by atoms with Crippen molar-refractivity contribution in [3.63, 3.8) is 0 Å². The number of hydrogen-bond acceptors (Lipinski definition) is 4. The molecule has 0 aliphatic heterocycles. The predicted molar refractivity (Wildman–Crippen MR) is 232 cm³/mol. The molecule has 0 saturated carbocycles. The van der Waals surface area contributed by atoms with Crippen molar-refractivity contribution in [3.8, 4) is 0 Å². The first kappa shape index (κ1) is 44.2. The lowest BCUT2D eigenvalue weighted by Crippen LogP contribution is -2.03. The molecule has 3 aromatic carbocycles. The molecule has 0 spiro atoms. The molecule has 2 nitrogen and oxygen atoms in total. The number of carbonyl (C=O) groups excluding carboxylic acids is 1. The summed E-state index contributed by atoms with van der Waals surface area (Å²) < 4.78 is 5.18. The van der Waals surface area contributed by atoms with E-state index in [1.54, 1.807) is 0 Å². The summed E-state index contributed by atoms with van der Waals surface area (Å²) in [6.45, 7) is 9.15. The van der Waals surface area contributed by atoms with Crippen LogP contribution >= 0.6 is 23.5 Å². The van der Waals surface area contributed by atoms with E-state index in [-0.39, 0.29) is 5.97 Å². The number of aryl methyl sites for hydroxylation is 4. The number of benzene rings is 3. The van der Waals surface area contributed by atoms with Crippen LogP contribution < -0.4 is 0 Å². The molecule has 288 valence electrons. The van der Waals surface area contributed by atoms with E-state index in [0.29, 0.717) is 5.56 Å². The molecule has 0 aliphatic carbocycles. The maximum absolute atomic E-state index is 12.7. The van der Waals surface area contributed by atoms with Crippen LogP contribution in [0.4, 0.5) is 0 Å². The molecule has 52 heavy (non-hydrogen) atoms. The summed E-state index contributed by atoms with van der Waals surface area (Å²) in [7, 11) is 1.49. The van der Waals surface area contributed by atoms with E-state index in [1.165, 1.54) is 180 Å². The van der Waals surface area contributed by atoms with Crippen LogP contribution in [0.25, 0.3) is 0 Å². The number of methoxy groups -OCH3 is 1. The fraction of sp³-hybridized carbons (Fsp3) is 0.604. The van der Waals surface area contributed by atoms with Crippen LogP contribution in [0, 0.1) is 0 Å². The lowest BCUT2D eigenvalue weighted by atomic mass is 9.98. The maximum atomic E-state index is 12.7. The molecule has 0 aliphatic rings. The molecule has 4 heteroatoms. The van der Waals surface area contributed by atoms with E-state index in [0.717, 1.165) is 23.0 Å². The Balaban J connectivity index is 1.67. The average molecular weight is 745 g/mol. The fourth-order valence-corrected chi connectivity index (χ4v) is 9.00. The molecule has 3 aromatic rings. The summed E-state index contributed by atoms with van der Waals surface area (Å²) in [4.78, 5) is 12.7. The van der Waals surface area contributed by atoms with Crippen molar-refractivity contribution in [2.45, 2.75) is 179 Å². The zero-order valence-corrected chi connectivity index (χ0v) is 35.4. The molecular formula is C48H72O2S2. The molecule has 0 amide bonds. The van der Waals surface area contributed by atoms with Crippen LogP contribution in [-0.2, 0) is 53.4 Å². The second kappa shape index (κ2) is 27.4. The summed E-state index contributed by atoms with van der Waals surface area (Å²) in [5, 5.41) is 0. The third-order valence-corrected chi connectivity index (χ3v) is 12.2. The number of esters is 1. The van der Waals surface area contributed by atoms with Crippen LogP contribution in [0.15, 0.2) is 54.6 Å². The molecular weight excluding hydrogens is 673 g/mol. The van der Waals surface area contributed by atoms with Gasteiger partial charge in [0.05, 0.1) is 12.7 Å². The van der Waals surface area contributed by atoms with Gasteiger partial charge in [-0.3, -0.25) is 0 Å². The Hall–Kier alpha value is -2.17. The van der Waals surface area contributed by atoms with Crippen molar-refractivity contribution in [1.82, 2.24) is 0 Å². The van der Waals surface area contributed by atoms with Crippen molar-refractivity contribution in [2.24, 2.45) is 0 Å². The standard InChI is InChI=1S/C48H72O2S2/c1-6-10-14-18-22-39-26-40(23-19-15-11-7-2)29-43(28-39)35-51-37-45-32-46(34-47(33-45)48(49)50-5)38-52-36-44-30-41(24-20-16-12-8-3)27-42(31-44)25-21-17-13-9-4/h26-34H,6-25,35-38H2,1-5H3. The molecule has 0 atom stereocenters. The average Bonchev–Trinajstić information content (AvgIpc) is 3.15. The highest BCUT2D eigenvalue weighted by Crippen LogP contribution is 2.27. The number of ether oxygens (including phenoxy) is 1. The van der Waals surface area contributed by atoms with E-state index in [4.69, 9.17) is 4.74 Å². The van der Waals surface area contributed by atoms with Crippen LogP contribution in [0.1, 0.15) is 185 Å². The van der Waals surface area contributed by atoms with Crippen molar-refractivity contribution in [1.29, 1.82) is 0 Å². The molecule has 0 heterocycles. The highest BCUT2D eigenvalue weighted by molar-refractivity contribution is 7.98. The lowest BCUT2D eigenvalue weighted by molar-refractivity contribution is 0.0600. The minimum Gasteiger partial charge on any atom is -0.465 e. The quantitative estimate of drug-likeness (QED) is 0.0522. The molecule has 0 bridgehead atoms. The third kappa shape index (κ3) is 18.2. The number of unbranched alkanes of at least 4 members (excludes halogenated alkanes) is 12. The van der Waals surface area contributed by atoms with Gasteiger partial charge >= 0.3 is 5.97 Å².